The second-order valence-electron chi connectivity index (χ2n) is 4.43. The Bertz CT molecular complexity index is 577. The molecular formula is C13H15ClN4O. The highest BCUT2D eigenvalue weighted by molar-refractivity contribution is 6.30. The van der Waals surface area contributed by atoms with Gasteiger partial charge in [-0.25, -0.2) is 0 Å². The van der Waals surface area contributed by atoms with Crippen molar-refractivity contribution in [2.24, 2.45) is 11.5 Å². The van der Waals surface area contributed by atoms with Crippen LogP contribution in [0.15, 0.2) is 36.7 Å². The Morgan fingerprint density at radius 3 is 2.47 bits per heavy atom. The van der Waals surface area contributed by atoms with E-state index in [1.807, 2.05) is 19.1 Å². The van der Waals surface area contributed by atoms with Crippen molar-refractivity contribution in [1.29, 1.82) is 0 Å². The fourth-order valence-electron chi connectivity index (χ4n) is 1.97. The first-order valence-electron chi connectivity index (χ1n) is 5.84. The molecule has 100 valence electrons. The smallest absolute Gasteiger partial charge is 0.251 e. The van der Waals surface area contributed by atoms with Crippen molar-refractivity contribution in [2.75, 3.05) is 0 Å². The number of halogens is 1. The van der Waals surface area contributed by atoms with Crippen LogP contribution >= 0.6 is 11.6 Å². The van der Waals surface area contributed by atoms with E-state index in [1.54, 1.807) is 23.0 Å². The summed E-state index contributed by atoms with van der Waals surface area (Å²) in [5.41, 5.74) is 12.6. The minimum atomic E-state index is -0.509. The van der Waals surface area contributed by atoms with Gasteiger partial charge in [-0.3, -0.25) is 9.48 Å². The number of hydrogen-bond acceptors (Lipinski definition) is 3. The van der Waals surface area contributed by atoms with Gasteiger partial charge in [-0.05, 0) is 24.6 Å². The number of aromatic nitrogens is 2. The first-order chi connectivity index (χ1) is 8.99. The molecule has 0 aliphatic carbocycles. The number of rotatable bonds is 4. The Morgan fingerprint density at radius 2 is 2.00 bits per heavy atom. The number of nitrogens with two attached hydrogens (primary N) is 2. The van der Waals surface area contributed by atoms with Crippen molar-refractivity contribution in [3.05, 3.63) is 52.8 Å². The molecule has 1 aromatic carbocycles. The summed E-state index contributed by atoms with van der Waals surface area (Å²) in [6, 6.07) is 7.02. The number of hydrogen-bond donors (Lipinski definition) is 2. The number of nitrogens with zero attached hydrogens (tertiary/aromatic N) is 2. The lowest BCUT2D eigenvalue weighted by molar-refractivity contribution is 0.1000. The highest BCUT2D eigenvalue weighted by atomic mass is 35.5. The first kappa shape index (κ1) is 13.6. The van der Waals surface area contributed by atoms with E-state index in [4.69, 9.17) is 23.1 Å². The normalized spacial score (nSPS) is 14.1. The van der Waals surface area contributed by atoms with Crippen LogP contribution in [-0.2, 0) is 0 Å². The summed E-state index contributed by atoms with van der Waals surface area (Å²) < 4.78 is 1.65. The van der Waals surface area contributed by atoms with Crippen LogP contribution in [0.1, 0.15) is 28.9 Å². The molecule has 0 aliphatic rings. The Hall–Kier alpha value is -1.85. The highest BCUT2D eigenvalue weighted by Gasteiger charge is 2.20. The molecule has 0 bridgehead atoms. The van der Waals surface area contributed by atoms with E-state index < -0.39 is 5.91 Å². The summed E-state index contributed by atoms with van der Waals surface area (Å²) in [4.78, 5) is 11.1. The molecule has 2 atom stereocenters. The fourth-order valence-corrected chi connectivity index (χ4v) is 2.10. The van der Waals surface area contributed by atoms with Gasteiger partial charge in [0, 0.05) is 17.3 Å². The van der Waals surface area contributed by atoms with Gasteiger partial charge in [0.05, 0.1) is 17.8 Å². The van der Waals surface area contributed by atoms with Crippen LogP contribution in [0.3, 0.4) is 0 Å². The second kappa shape index (κ2) is 5.42. The number of primary amides is 1. The van der Waals surface area contributed by atoms with Crippen LogP contribution < -0.4 is 11.5 Å². The van der Waals surface area contributed by atoms with E-state index in [9.17, 15) is 4.79 Å². The van der Waals surface area contributed by atoms with Crippen LogP contribution in [0.25, 0.3) is 0 Å². The Balaban J connectivity index is 2.39. The average Bonchev–Trinajstić information content (AvgIpc) is 2.81. The molecule has 2 aromatic rings. The number of amides is 1. The van der Waals surface area contributed by atoms with E-state index in [-0.39, 0.29) is 12.1 Å². The van der Waals surface area contributed by atoms with Crippen molar-refractivity contribution < 1.29 is 4.79 Å². The van der Waals surface area contributed by atoms with Gasteiger partial charge in [-0.15, -0.1) is 0 Å². The van der Waals surface area contributed by atoms with Crippen molar-refractivity contribution in [3.63, 3.8) is 0 Å². The molecule has 0 radical (unpaired) electrons. The molecule has 0 saturated carbocycles. The lowest BCUT2D eigenvalue weighted by Crippen LogP contribution is -2.30. The van der Waals surface area contributed by atoms with Crippen LogP contribution in [0.5, 0.6) is 0 Å². The summed E-state index contributed by atoms with van der Waals surface area (Å²) in [5, 5.41) is 4.82. The number of carbonyl (C=O) groups is 1. The molecule has 4 N–H and O–H groups in total. The lowest BCUT2D eigenvalue weighted by Gasteiger charge is -2.21. The molecule has 1 heterocycles. The van der Waals surface area contributed by atoms with Crippen molar-refractivity contribution in [1.82, 2.24) is 9.78 Å². The summed E-state index contributed by atoms with van der Waals surface area (Å²) in [7, 11) is 0. The van der Waals surface area contributed by atoms with Gasteiger partial charge in [-0.2, -0.15) is 5.10 Å². The third-order valence-electron chi connectivity index (χ3n) is 2.88. The summed E-state index contributed by atoms with van der Waals surface area (Å²) in [6.45, 7) is 1.88. The fraction of sp³-hybridized carbons (Fsp3) is 0.231. The van der Waals surface area contributed by atoms with E-state index in [0.29, 0.717) is 10.6 Å². The molecule has 19 heavy (non-hydrogen) atoms. The van der Waals surface area contributed by atoms with E-state index in [0.717, 1.165) is 5.56 Å². The van der Waals surface area contributed by atoms with Crippen molar-refractivity contribution in [3.8, 4) is 0 Å². The van der Waals surface area contributed by atoms with E-state index in [2.05, 4.69) is 5.10 Å². The Kier molecular flexibility index (Phi) is 3.87. The van der Waals surface area contributed by atoms with Crippen LogP contribution in [-0.4, -0.2) is 21.7 Å². The minimum absolute atomic E-state index is 0.176. The monoisotopic (exact) mass is 278 g/mol. The standard InChI is InChI=1S/C13H15ClN4O/c1-8(15)12(9-2-4-11(14)5-3-9)18-7-10(6-17-18)13(16)19/h2-8,12H,15H2,1H3,(H2,16,19). The maximum Gasteiger partial charge on any atom is 0.251 e. The van der Waals surface area contributed by atoms with Gasteiger partial charge in [-0.1, -0.05) is 23.7 Å². The van der Waals surface area contributed by atoms with Gasteiger partial charge in [0.2, 0.25) is 0 Å². The number of benzene rings is 1. The summed E-state index contributed by atoms with van der Waals surface area (Å²) >= 11 is 5.87. The van der Waals surface area contributed by atoms with Gasteiger partial charge in [0.1, 0.15) is 0 Å². The van der Waals surface area contributed by atoms with Crippen LogP contribution in [0, 0.1) is 0 Å². The quantitative estimate of drug-likeness (QED) is 0.890. The van der Waals surface area contributed by atoms with Crippen molar-refractivity contribution >= 4 is 17.5 Å². The molecule has 1 amide bonds. The second-order valence-corrected chi connectivity index (χ2v) is 4.87. The molecule has 0 fully saturated rings. The van der Waals surface area contributed by atoms with E-state index >= 15 is 0 Å². The largest absolute Gasteiger partial charge is 0.366 e. The first-order valence-corrected chi connectivity index (χ1v) is 6.22. The van der Waals surface area contributed by atoms with Gasteiger partial charge < -0.3 is 11.5 Å². The third kappa shape index (κ3) is 2.94. The molecule has 0 saturated heterocycles. The predicted octanol–water partition coefficient (Wildman–Crippen LogP) is 1.57. The van der Waals surface area contributed by atoms with Crippen LogP contribution in [0.4, 0.5) is 0 Å². The molecule has 5 nitrogen and oxygen atoms in total. The average molecular weight is 279 g/mol. The third-order valence-corrected chi connectivity index (χ3v) is 3.13. The predicted molar refractivity (Wildman–Crippen MR) is 74.0 cm³/mol. The SMILES string of the molecule is CC(N)C(c1ccc(Cl)cc1)n1cc(C(N)=O)cn1. The minimum Gasteiger partial charge on any atom is -0.366 e. The molecule has 0 spiro atoms. The zero-order chi connectivity index (χ0) is 14.0. The highest BCUT2D eigenvalue weighted by Crippen LogP contribution is 2.22. The molecule has 1 aromatic heterocycles. The Morgan fingerprint density at radius 1 is 1.37 bits per heavy atom. The zero-order valence-corrected chi connectivity index (χ0v) is 11.2. The van der Waals surface area contributed by atoms with Crippen molar-refractivity contribution in [2.45, 2.75) is 19.0 Å². The molecule has 0 aliphatic heterocycles. The summed E-state index contributed by atoms with van der Waals surface area (Å²) in [5.74, 6) is -0.509. The molecule has 6 heteroatoms. The lowest BCUT2D eigenvalue weighted by atomic mass is 10.0. The van der Waals surface area contributed by atoms with E-state index in [1.165, 1.54) is 6.20 Å². The van der Waals surface area contributed by atoms with Crippen LogP contribution in [0.2, 0.25) is 5.02 Å². The molecular weight excluding hydrogens is 264 g/mol. The summed E-state index contributed by atoms with van der Waals surface area (Å²) in [6.07, 6.45) is 3.04. The maximum absolute atomic E-state index is 11.1. The van der Waals surface area contributed by atoms with Gasteiger partial charge >= 0.3 is 0 Å². The van der Waals surface area contributed by atoms with Gasteiger partial charge in [0.15, 0.2) is 0 Å². The molecule has 2 rings (SSSR count). The topological polar surface area (TPSA) is 86.9 Å². The maximum atomic E-state index is 11.1. The van der Waals surface area contributed by atoms with Gasteiger partial charge in [0.25, 0.3) is 5.91 Å². The zero-order valence-electron chi connectivity index (χ0n) is 10.5. The molecule has 2 unspecified atom stereocenters. The Labute approximate surface area is 116 Å². The number of carbonyl (C=O) groups excluding carboxylic acids is 1.